The van der Waals surface area contributed by atoms with Gasteiger partial charge < -0.3 is 15.5 Å². The van der Waals surface area contributed by atoms with Crippen molar-refractivity contribution in [3.8, 4) is 11.5 Å². The van der Waals surface area contributed by atoms with Gasteiger partial charge in [-0.25, -0.2) is 0 Å². The predicted molar refractivity (Wildman–Crippen MR) is 77.2 cm³/mol. The molecule has 4 heteroatoms. The van der Waals surface area contributed by atoms with Crippen LogP contribution >= 0.6 is 11.3 Å². The third-order valence-corrected chi connectivity index (χ3v) is 4.67. The zero-order valence-corrected chi connectivity index (χ0v) is 11.6. The lowest BCUT2D eigenvalue weighted by molar-refractivity contribution is 0.402. The van der Waals surface area contributed by atoms with Crippen LogP contribution in [0.15, 0.2) is 23.6 Å². The molecule has 3 rings (SSSR count). The Kier molecular flexibility index (Phi) is 3.21. The number of hydrogen-bond donors (Lipinski definition) is 3. The van der Waals surface area contributed by atoms with E-state index in [0.717, 1.165) is 30.6 Å². The van der Waals surface area contributed by atoms with E-state index in [4.69, 9.17) is 0 Å². The van der Waals surface area contributed by atoms with Gasteiger partial charge in [-0.05, 0) is 60.2 Å². The van der Waals surface area contributed by atoms with E-state index in [1.54, 1.807) is 23.5 Å². The number of nitrogens with one attached hydrogen (secondary N) is 1. The molecule has 0 radical (unpaired) electrons. The molecule has 0 spiro atoms. The van der Waals surface area contributed by atoms with E-state index < -0.39 is 0 Å². The molecule has 1 unspecified atom stereocenters. The molecule has 3 N–H and O–H groups in total. The van der Waals surface area contributed by atoms with Gasteiger partial charge >= 0.3 is 0 Å². The highest BCUT2D eigenvalue weighted by Crippen LogP contribution is 2.38. The summed E-state index contributed by atoms with van der Waals surface area (Å²) >= 11 is 1.75. The summed E-state index contributed by atoms with van der Waals surface area (Å²) in [6, 6.07) is 5.58. The fraction of sp³-hybridized carbons (Fsp3) is 0.333. The number of aromatic hydroxyl groups is 2. The number of fused-ring (bicyclic) bond motifs is 1. The van der Waals surface area contributed by atoms with Crippen LogP contribution in [0.4, 0.5) is 0 Å². The van der Waals surface area contributed by atoms with E-state index in [1.165, 1.54) is 10.4 Å². The quantitative estimate of drug-likeness (QED) is 0.701. The van der Waals surface area contributed by atoms with Gasteiger partial charge in [-0.15, -0.1) is 11.3 Å². The van der Waals surface area contributed by atoms with E-state index in [0.29, 0.717) is 0 Å². The highest BCUT2D eigenvalue weighted by Gasteiger charge is 2.23. The summed E-state index contributed by atoms with van der Waals surface area (Å²) < 4.78 is 0. The minimum Gasteiger partial charge on any atom is -0.504 e. The molecule has 1 aliphatic heterocycles. The van der Waals surface area contributed by atoms with Gasteiger partial charge in [-0.2, -0.15) is 0 Å². The minimum absolute atomic E-state index is 0.0264. The third kappa shape index (κ3) is 2.22. The zero-order valence-electron chi connectivity index (χ0n) is 10.8. The normalized spacial score (nSPS) is 18.9. The second-order valence-electron chi connectivity index (χ2n) is 4.98. The Morgan fingerprint density at radius 2 is 2.00 bits per heavy atom. The maximum absolute atomic E-state index is 9.78. The van der Waals surface area contributed by atoms with Crippen LogP contribution in [0.1, 0.15) is 27.5 Å². The van der Waals surface area contributed by atoms with Gasteiger partial charge in [0.1, 0.15) is 0 Å². The molecular weight excluding hydrogens is 258 g/mol. The molecule has 2 aromatic rings. The van der Waals surface area contributed by atoms with Crippen LogP contribution in [-0.4, -0.2) is 23.3 Å². The summed E-state index contributed by atoms with van der Waals surface area (Å²) in [5.74, 6) is 0.190. The van der Waals surface area contributed by atoms with Crippen molar-refractivity contribution in [3.05, 3.63) is 45.1 Å². The SMILES string of the molecule is Cc1sccc1C1CNCCc2cc(O)c(O)cc21. The van der Waals surface area contributed by atoms with Crippen molar-refractivity contribution in [1.82, 2.24) is 5.32 Å². The molecule has 0 fully saturated rings. The fourth-order valence-corrected chi connectivity index (χ4v) is 3.56. The van der Waals surface area contributed by atoms with Gasteiger partial charge in [0.15, 0.2) is 11.5 Å². The molecule has 0 saturated heterocycles. The summed E-state index contributed by atoms with van der Waals surface area (Å²) in [5, 5.41) is 25.0. The lowest BCUT2D eigenvalue weighted by Gasteiger charge is -2.18. The molecule has 0 bridgehead atoms. The minimum atomic E-state index is -0.0291. The molecule has 100 valence electrons. The van der Waals surface area contributed by atoms with Gasteiger partial charge in [0.05, 0.1) is 0 Å². The molecule has 0 saturated carbocycles. The highest BCUT2D eigenvalue weighted by atomic mass is 32.1. The van der Waals surface area contributed by atoms with E-state index in [2.05, 4.69) is 23.7 Å². The number of rotatable bonds is 1. The maximum atomic E-state index is 9.78. The molecule has 1 atom stereocenters. The first-order valence-corrected chi connectivity index (χ1v) is 7.34. The molecule has 1 aliphatic rings. The number of hydrogen-bond acceptors (Lipinski definition) is 4. The Bertz CT molecular complexity index is 606. The Balaban J connectivity index is 2.13. The van der Waals surface area contributed by atoms with Gasteiger partial charge in [0.2, 0.25) is 0 Å². The molecular formula is C15H17NO2S. The van der Waals surface area contributed by atoms with Crippen LogP contribution < -0.4 is 5.32 Å². The number of phenolic OH excluding ortho intramolecular Hbond substituents is 2. The van der Waals surface area contributed by atoms with Crippen LogP contribution in [-0.2, 0) is 6.42 Å². The maximum Gasteiger partial charge on any atom is 0.157 e. The van der Waals surface area contributed by atoms with Crippen LogP contribution in [0, 0.1) is 6.92 Å². The van der Waals surface area contributed by atoms with Crippen LogP contribution in [0.25, 0.3) is 0 Å². The predicted octanol–water partition coefficient (Wildman–Crippen LogP) is 2.75. The summed E-state index contributed by atoms with van der Waals surface area (Å²) in [4.78, 5) is 1.31. The molecule has 3 nitrogen and oxygen atoms in total. The monoisotopic (exact) mass is 275 g/mol. The first-order chi connectivity index (χ1) is 9.16. The van der Waals surface area contributed by atoms with Crippen molar-refractivity contribution in [2.45, 2.75) is 19.3 Å². The van der Waals surface area contributed by atoms with Crippen molar-refractivity contribution >= 4 is 11.3 Å². The second kappa shape index (κ2) is 4.87. The molecule has 19 heavy (non-hydrogen) atoms. The Morgan fingerprint density at radius 1 is 1.21 bits per heavy atom. The van der Waals surface area contributed by atoms with Gasteiger partial charge in [-0.1, -0.05) is 0 Å². The van der Waals surface area contributed by atoms with Crippen molar-refractivity contribution in [2.24, 2.45) is 0 Å². The number of phenols is 2. The Hall–Kier alpha value is -1.52. The summed E-state index contributed by atoms with van der Waals surface area (Å²) in [5.41, 5.74) is 3.56. The number of aryl methyl sites for hydroxylation is 1. The van der Waals surface area contributed by atoms with Crippen molar-refractivity contribution in [2.75, 3.05) is 13.1 Å². The Morgan fingerprint density at radius 3 is 2.74 bits per heavy atom. The first-order valence-electron chi connectivity index (χ1n) is 6.46. The number of thiophene rings is 1. The van der Waals surface area contributed by atoms with Gasteiger partial charge in [0, 0.05) is 17.3 Å². The van der Waals surface area contributed by atoms with Crippen molar-refractivity contribution in [3.63, 3.8) is 0 Å². The Labute approximate surface area is 116 Å². The molecule has 0 aliphatic carbocycles. The van der Waals surface area contributed by atoms with E-state index in [1.807, 2.05) is 0 Å². The van der Waals surface area contributed by atoms with Crippen molar-refractivity contribution < 1.29 is 10.2 Å². The van der Waals surface area contributed by atoms with Crippen LogP contribution in [0.2, 0.25) is 0 Å². The van der Waals surface area contributed by atoms with E-state index in [9.17, 15) is 10.2 Å². The molecule has 2 heterocycles. The number of benzene rings is 1. The molecule has 1 aromatic heterocycles. The van der Waals surface area contributed by atoms with Gasteiger partial charge in [-0.3, -0.25) is 0 Å². The highest BCUT2D eigenvalue weighted by molar-refractivity contribution is 7.10. The third-order valence-electron chi connectivity index (χ3n) is 3.81. The smallest absolute Gasteiger partial charge is 0.157 e. The summed E-state index contributed by atoms with van der Waals surface area (Å²) in [6.45, 7) is 3.90. The second-order valence-corrected chi connectivity index (χ2v) is 6.10. The average Bonchev–Trinajstić information content (AvgIpc) is 2.70. The lowest BCUT2D eigenvalue weighted by Crippen LogP contribution is -2.20. The zero-order chi connectivity index (χ0) is 13.4. The topological polar surface area (TPSA) is 52.5 Å². The van der Waals surface area contributed by atoms with E-state index >= 15 is 0 Å². The first kappa shape index (κ1) is 12.5. The van der Waals surface area contributed by atoms with Crippen LogP contribution in [0.3, 0.4) is 0 Å². The largest absolute Gasteiger partial charge is 0.504 e. The lowest BCUT2D eigenvalue weighted by atomic mass is 9.88. The van der Waals surface area contributed by atoms with Gasteiger partial charge in [0.25, 0.3) is 0 Å². The molecule has 1 aromatic carbocycles. The summed E-state index contributed by atoms with van der Waals surface area (Å²) in [6.07, 6.45) is 0.878. The average molecular weight is 275 g/mol. The summed E-state index contributed by atoms with van der Waals surface area (Å²) in [7, 11) is 0. The van der Waals surface area contributed by atoms with E-state index in [-0.39, 0.29) is 17.4 Å². The standard InChI is InChI=1S/C15H17NO2S/c1-9-11(3-5-19-9)13-8-16-4-2-10-6-14(17)15(18)7-12(10)13/h3,5-7,13,16-18H,2,4,8H2,1H3. The van der Waals surface area contributed by atoms with Crippen molar-refractivity contribution in [1.29, 1.82) is 0 Å². The van der Waals surface area contributed by atoms with Crippen LogP contribution in [0.5, 0.6) is 11.5 Å². The fourth-order valence-electron chi connectivity index (χ4n) is 2.79. The molecule has 0 amide bonds.